The van der Waals surface area contributed by atoms with Crippen LogP contribution in [-0.2, 0) is 9.59 Å². The van der Waals surface area contributed by atoms with Crippen LogP contribution >= 0.6 is 0 Å². The Labute approximate surface area is 117 Å². The largest absolute Gasteiger partial charge is 0.480 e. The smallest absolute Gasteiger partial charge is 0.323 e. The second-order valence-corrected chi connectivity index (χ2v) is 4.88. The molecule has 1 fully saturated rings. The summed E-state index contributed by atoms with van der Waals surface area (Å²) in [5, 5.41) is 11.9. The molecule has 0 radical (unpaired) electrons. The highest BCUT2D eigenvalue weighted by Crippen LogP contribution is 2.26. The van der Waals surface area contributed by atoms with Crippen LogP contribution in [0.2, 0.25) is 0 Å². The molecule has 1 aliphatic rings. The summed E-state index contributed by atoms with van der Waals surface area (Å²) < 4.78 is 0. The lowest BCUT2D eigenvalue weighted by Gasteiger charge is -2.31. The maximum Gasteiger partial charge on any atom is 0.323 e. The molecule has 0 aliphatic carbocycles. The van der Waals surface area contributed by atoms with E-state index in [0.717, 1.165) is 12.8 Å². The first-order chi connectivity index (χ1) is 9.59. The van der Waals surface area contributed by atoms with E-state index in [-0.39, 0.29) is 12.5 Å². The highest BCUT2D eigenvalue weighted by Gasteiger charge is 2.29. The summed E-state index contributed by atoms with van der Waals surface area (Å²) in [5.41, 5.74) is 6.99. The number of benzene rings is 1. The third-order valence-corrected chi connectivity index (χ3v) is 3.43. The molecule has 1 aromatic rings. The number of nitrogen functional groups attached to an aromatic ring is 1. The van der Waals surface area contributed by atoms with Crippen molar-refractivity contribution in [2.24, 2.45) is 0 Å². The molecule has 0 saturated carbocycles. The first kappa shape index (κ1) is 14.2. The first-order valence-electron chi connectivity index (χ1n) is 6.70. The molecule has 1 aromatic carbocycles. The number of carbonyl (C=O) groups is 2. The van der Waals surface area contributed by atoms with Crippen LogP contribution in [0.15, 0.2) is 24.3 Å². The topological polar surface area (TPSA) is 95.7 Å². The van der Waals surface area contributed by atoms with Gasteiger partial charge in [0.05, 0.1) is 11.4 Å². The summed E-state index contributed by atoms with van der Waals surface area (Å²) in [7, 11) is 0. The highest BCUT2D eigenvalue weighted by atomic mass is 16.4. The van der Waals surface area contributed by atoms with Gasteiger partial charge in [0.1, 0.15) is 12.6 Å². The third-order valence-electron chi connectivity index (χ3n) is 3.43. The maximum absolute atomic E-state index is 12.1. The Balaban J connectivity index is 2.33. The molecule has 0 spiro atoms. The minimum atomic E-state index is -0.981. The molecule has 6 heteroatoms. The van der Waals surface area contributed by atoms with E-state index >= 15 is 0 Å². The number of amides is 1. The fourth-order valence-electron chi connectivity index (χ4n) is 2.48. The fraction of sp³-hybridized carbons (Fsp3) is 0.429. The van der Waals surface area contributed by atoms with E-state index in [1.54, 1.807) is 29.2 Å². The maximum atomic E-state index is 12.1. The third kappa shape index (κ3) is 3.20. The molecule has 1 heterocycles. The molecule has 4 N–H and O–H groups in total. The number of nitrogens with two attached hydrogens (primary N) is 1. The van der Waals surface area contributed by atoms with Gasteiger partial charge in [0.15, 0.2) is 0 Å². The zero-order valence-corrected chi connectivity index (χ0v) is 11.2. The van der Waals surface area contributed by atoms with E-state index in [1.165, 1.54) is 0 Å². The van der Waals surface area contributed by atoms with Crippen molar-refractivity contribution in [3.63, 3.8) is 0 Å². The molecule has 1 unspecified atom stereocenters. The molecular formula is C14H19N3O3. The molecular weight excluding hydrogens is 258 g/mol. The van der Waals surface area contributed by atoms with Crippen molar-refractivity contribution in [2.75, 3.05) is 23.7 Å². The van der Waals surface area contributed by atoms with Gasteiger partial charge in [0.25, 0.3) is 0 Å². The lowest BCUT2D eigenvalue weighted by atomic mass is 10.1. The van der Waals surface area contributed by atoms with Crippen LogP contribution in [0.3, 0.4) is 0 Å². The van der Waals surface area contributed by atoms with Crippen LogP contribution in [0.5, 0.6) is 0 Å². The standard InChI is InChI=1S/C14H19N3O3/c15-10-5-1-2-6-11(10)17(9-13(18)19)12-7-3-4-8-16-14(12)20/h1-2,5-6,12H,3-4,7-9,15H2,(H,16,20)(H,18,19). The number of hydrogen-bond donors (Lipinski definition) is 3. The van der Waals surface area contributed by atoms with Crippen molar-refractivity contribution in [1.82, 2.24) is 5.32 Å². The number of carbonyl (C=O) groups excluding carboxylic acids is 1. The second-order valence-electron chi connectivity index (χ2n) is 4.88. The van der Waals surface area contributed by atoms with E-state index in [0.29, 0.717) is 24.3 Å². The van der Waals surface area contributed by atoms with Crippen LogP contribution < -0.4 is 16.0 Å². The molecule has 6 nitrogen and oxygen atoms in total. The van der Waals surface area contributed by atoms with Gasteiger partial charge in [-0.15, -0.1) is 0 Å². The monoisotopic (exact) mass is 277 g/mol. The number of aliphatic carboxylic acids is 1. The number of carboxylic acids is 1. The van der Waals surface area contributed by atoms with Crippen LogP contribution in [0, 0.1) is 0 Å². The quantitative estimate of drug-likeness (QED) is 0.708. The van der Waals surface area contributed by atoms with Gasteiger partial charge in [-0.1, -0.05) is 12.1 Å². The summed E-state index contributed by atoms with van der Waals surface area (Å²) in [4.78, 5) is 24.8. The lowest BCUT2D eigenvalue weighted by molar-refractivity contribution is -0.135. The molecule has 20 heavy (non-hydrogen) atoms. The van der Waals surface area contributed by atoms with Crippen molar-refractivity contribution in [1.29, 1.82) is 0 Å². The van der Waals surface area contributed by atoms with Crippen LogP contribution in [0.4, 0.5) is 11.4 Å². The Morgan fingerprint density at radius 1 is 1.40 bits per heavy atom. The van der Waals surface area contributed by atoms with Crippen molar-refractivity contribution in [2.45, 2.75) is 25.3 Å². The minimum absolute atomic E-state index is 0.132. The van der Waals surface area contributed by atoms with E-state index in [4.69, 9.17) is 10.8 Å². The molecule has 0 aromatic heterocycles. The van der Waals surface area contributed by atoms with Gasteiger partial charge in [0, 0.05) is 6.54 Å². The Kier molecular flexibility index (Phi) is 4.45. The molecule has 0 bridgehead atoms. The predicted octanol–water partition coefficient (Wildman–Crippen LogP) is 0.829. The molecule has 1 amide bonds. The molecule has 1 saturated heterocycles. The van der Waals surface area contributed by atoms with E-state index in [9.17, 15) is 9.59 Å². The van der Waals surface area contributed by atoms with Crippen molar-refractivity contribution in [3.8, 4) is 0 Å². The summed E-state index contributed by atoms with van der Waals surface area (Å²) in [6.07, 6.45) is 2.42. The Morgan fingerprint density at radius 3 is 2.85 bits per heavy atom. The minimum Gasteiger partial charge on any atom is -0.480 e. The van der Waals surface area contributed by atoms with E-state index < -0.39 is 12.0 Å². The SMILES string of the molecule is Nc1ccccc1N(CC(=O)O)C1CCCCNC1=O. The molecule has 1 atom stereocenters. The van der Waals surface area contributed by atoms with Crippen molar-refractivity contribution in [3.05, 3.63) is 24.3 Å². The van der Waals surface area contributed by atoms with Gasteiger partial charge < -0.3 is 21.1 Å². The average molecular weight is 277 g/mol. The van der Waals surface area contributed by atoms with Crippen molar-refractivity contribution >= 4 is 23.3 Å². The number of anilines is 2. The number of rotatable bonds is 4. The first-order valence-corrected chi connectivity index (χ1v) is 6.70. The van der Waals surface area contributed by atoms with Crippen LogP contribution in [-0.4, -0.2) is 36.1 Å². The highest BCUT2D eigenvalue weighted by molar-refractivity contribution is 5.89. The molecule has 108 valence electrons. The number of nitrogens with one attached hydrogen (secondary N) is 1. The van der Waals surface area contributed by atoms with Crippen LogP contribution in [0.1, 0.15) is 19.3 Å². The number of para-hydroxylation sites is 2. The second kappa shape index (κ2) is 6.27. The van der Waals surface area contributed by atoms with Gasteiger partial charge in [-0.25, -0.2) is 0 Å². The predicted molar refractivity (Wildman–Crippen MR) is 76.5 cm³/mol. The number of carboxylic acid groups (broad SMARTS) is 1. The average Bonchev–Trinajstić information content (AvgIpc) is 2.61. The van der Waals surface area contributed by atoms with Crippen LogP contribution in [0.25, 0.3) is 0 Å². The molecule has 2 rings (SSSR count). The normalized spacial score (nSPS) is 19.0. The molecule has 1 aliphatic heterocycles. The van der Waals surface area contributed by atoms with Crippen molar-refractivity contribution < 1.29 is 14.7 Å². The van der Waals surface area contributed by atoms with Gasteiger partial charge in [-0.2, -0.15) is 0 Å². The van der Waals surface area contributed by atoms with Gasteiger partial charge in [0.2, 0.25) is 5.91 Å². The summed E-state index contributed by atoms with van der Waals surface area (Å²) in [6, 6.07) is 6.54. The Hall–Kier alpha value is -2.24. The fourth-order valence-corrected chi connectivity index (χ4v) is 2.48. The number of nitrogens with zero attached hydrogens (tertiary/aromatic N) is 1. The van der Waals surface area contributed by atoms with Gasteiger partial charge >= 0.3 is 5.97 Å². The van der Waals surface area contributed by atoms with E-state index in [2.05, 4.69) is 5.32 Å². The summed E-state index contributed by atoms with van der Waals surface area (Å²) >= 11 is 0. The zero-order valence-electron chi connectivity index (χ0n) is 11.2. The van der Waals surface area contributed by atoms with Gasteiger partial charge in [-0.3, -0.25) is 9.59 Å². The summed E-state index contributed by atoms with van der Waals surface area (Å²) in [5.74, 6) is -1.11. The number of hydrogen-bond acceptors (Lipinski definition) is 4. The van der Waals surface area contributed by atoms with Gasteiger partial charge in [-0.05, 0) is 31.4 Å². The Morgan fingerprint density at radius 2 is 2.15 bits per heavy atom. The zero-order chi connectivity index (χ0) is 14.5. The lowest BCUT2D eigenvalue weighted by Crippen LogP contribution is -2.48. The van der Waals surface area contributed by atoms with E-state index in [1.807, 2.05) is 0 Å². The summed E-state index contributed by atoms with van der Waals surface area (Å²) in [6.45, 7) is 0.396. The Bertz CT molecular complexity index is 504.